The maximum absolute atomic E-state index is 13.1. The number of fused-ring (bicyclic) bond motifs is 1. The normalized spacial score (nSPS) is 25.2. The van der Waals surface area contributed by atoms with Crippen molar-refractivity contribution in [2.45, 2.75) is 82.9 Å². The molecule has 2 aliphatic rings. The van der Waals surface area contributed by atoms with Crippen LogP contribution in [0.1, 0.15) is 62.9 Å². The van der Waals surface area contributed by atoms with Crippen molar-refractivity contribution in [3.63, 3.8) is 0 Å². The van der Waals surface area contributed by atoms with Crippen LogP contribution in [0, 0.1) is 12.8 Å². The molecule has 0 radical (unpaired) electrons. The summed E-state index contributed by atoms with van der Waals surface area (Å²) in [5.74, 6) is 1.41. The molecule has 8 heteroatoms. The van der Waals surface area contributed by atoms with Gasteiger partial charge in [0, 0.05) is 35.0 Å². The topological polar surface area (TPSA) is 102 Å². The average Bonchev–Trinajstić information content (AvgIpc) is 3.19. The number of carbonyl (C=O) groups excluding carboxylic acids is 2. The minimum atomic E-state index is -0.813. The summed E-state index contributed by atoms with van der Waals surface area (Å²) in [6, 6.07) is 4.11. The largest absolute Gasteiger partial charge is 0.508 e. The number of piperidine rings is 1. The fraction of sp³-hybridized carbons (Fsp3) is 0.680. The fourth-order valence-electron chi connectivity index (χ4n) is 4.84. The monoisotopic (exact) mass is 477 g/mol. The van der Waals surface area contributed by atoms with Gasteiger partial charge in [0.1, 0.15) is 5.75 Å². The first kappa shape index (κ1) is 25.8. The number of carbonyl (C=O) groups is 2. The van der Waals surface area contributed by atoms with Crippen LogP contribution in [0.5, 0.6) is 5.75 Å². The Bertz CT molecular complexity index is 857. The van der Waals surface area contributed by atoms with Gasteiger partial charge in [0.15, 0.2) is 0 Å². The van der Waals surface area contributed by atoms with Crippen LogP contribution in [-0.2, 0) is 4.79 Å². The van der Waals surface area contributed by atoms with Crippen LogP contribution in [-0.4, -0.2) is 74.7 Å². The van der Waals surface area contributed by atoms with Gasteiger partial charge in [0.2, 0.25) is 5.91 Å². The Labute approximate surface area is 201 Å². The second kappa shape index (κ2) is 10.7. The SMILES string of the molecule is CCC(NC(=O)c1cccc(O)c1C)C(O)CN1C[C@H]2CCS[C@H]2C[C@H]1C(=O)NC(C)(C)C. The molecule has 184 valence electrons. The van der Waals surface area contributed by atoms with Crippen molar-refractivity contribution in [3.05, 3.63) is 29.3 Å². The number of amides is 2. The molecule has 33 heavy (non-hydrogen) atoms. The van der Waals surface area contributed by atoms with Crippen molar-refractivity contribution < 1.29 is 19.8 Å². The van der Waals surface area contributed by atoms with Crippen LogP contribution in [0.3, 0.4) is 0 Å². The molecule has 7 nitrogen and oxygen atoms in total. The number of thioether (sulfide) groups is 1. The van der Waals surface area contributed by atoms with Gasteiger partial charge < -0.3 is 20.8 Å². The average molecular weight is 478 g/mol. The fourth-order valence-corrected chi connectivity index (χ4v) is 6.39. The lowest BCUT2D eigenvalue weighted by atomic mass is 9.89. The first-order valence-corrected chi connectivity index (χ1v) is 13.0. The van der Waals surface area contributed by atoms with Gasteiger partial charge in [-0.25, -0.2) is 0 Å². The van der Waals surface area contributed by atoms with E-state index in [0.29, 0.717) is 35.3 Å². The quantitative estimate of drug-likeness (QED) is 0.482. The van der Waals surface area contributed by atoms with Gasteiger partial charge in [-0.2, -0.15) is 11.8 Å². The molecule has 0 aromatic heterocycles. The Balaban J connectivity index is 1.71. The summed E-state index contributed by atoms with van der Waals surface area (Å²) in [6.45, 7) is 10.7. The van der Waals surface area contributed by atoms with Crippen LogP contribution in [0.15, 0.2) is 18.2 Å². The summed E-state index contributed by atoms with van der Waals surface area (Å²) in [5.41, 5.74) is 0.589. The van der Waals surface area contributed by atoms with Gasteiger partial charge in [-0.05, 0) is 70.8 Å². The highest BCUT2D eigenvalue weighted by Gasteiger charge is 2.43. The number of aliphatic hydroxyl groups excluding tert-OH is 1. The van der Waals surface area contributed by atoms with E-state index in [9.17, 15) is 19.8 Å². The summed E-state index contributed by atoms with van der Waals surface area (Å²) in [4.78, 5) is 28.1. The van der Waals surface area contributed by atoms with E-state index in [1.807, 2.05) is 39.5 Å². The number of hydrogen-bond acceptors (Lipinski definition) is 6. The molecule has 0 aliphatic carbocycles. The standard InChI is InChI=1S/C25H39N3O4S/c1-6-18(26-23(31)17-8-7-9-20(29)15(17)2)21(30)14-28-13-16-10-11-33-22(16)12-19(28)24(32)27-25(3,4)5/h7-9,16,18-19,21-22,29-30H,6,10-14H2,1-5H3,(H,26,31)(H,27,32)/t16-,18?,19+,21?,22+/m1/s1. The molecule has 5 atom stereocenters. The van der Waals surface area contributed by atoms with Gasteiger partial charge in [-0.3, -0.25) is 14.5 Å². The summed E-state index contributed by atoms with van der Waals surface area (Å²) in [7, 11) is 0. The van der Waals surface area contributed by atoms with E-state index in [2.05, 4.69) is 15.5 Å². The summed E-state index contributed by atoms with van der Waals surface area (Å²) in [5, 5.41) is 27.6. The molecular formula is C25H39N3O4S. The molecular weight excluding hydrogens is 438 g/mol. The Morgan fingerprint density at radius 1 is 1.30 bits per heavy atom. The smallest absolute Gasteiger partial charge is 0.251 e. The number of aromatic hydroxyl groups is 1. The maximum Gasteiger partial charge on any atom is 0.251 e. The van der Waals surface area contributed by atoms with Crippen molar-refractivity contribution >= 4 is 23.6 Å². The minimum Gasteiger partial charge on any atom is -0.508 e. The highest BCUT2D eigenvalue weighted by atomic mass is 32.2. The Hall–Kier alpha value is -1.77. The number of phenols is 1. The number of likely N-dealkylation sites (tertiary alicyclic amines) is 1. The van der Waals surface area contributed by atoms with E-state index >= 15 is 0 Å². The highest BCUT2D eigenvalue weighted by molar-refractivity contribution is 8.00. The van der Waals surface area contributed by atoms with Gasteiger partial charge in [0.05, 0.1) is 18.2 Å². The van der Waals surface area contributed by atoms with Crippen LogP contribution in [0.2, 0.25) is 0 Å². The van der Waals surface area contributed by atoms with Gasteiger partial charge in [-0.15, -0.1) is 0 Å². The van der Waals surface area contributed by atoms with Crippen molar-refractivity contribution in [3.8, 4) is 5.75 Å². The zero-order valence-corrected chi connectivity index (χ0v) is 21.2. The molecule has 2 fully saturated rings. The number of nitrogens with one attached hydrogen (secondary N) is 2. The zero-order chi connectivity index (χ0) is 24.3. The first-order chi connectivity index (χ1) is 15.5. The molecule has 0 bridgehead atoms. The number of aliphatic hydroxyl groups is 1. The summed E-state index contributed by atoms with van der Waals surface area (Å²) < 4.78 is 0. The number of phenolic OH excluding ortho intramolecular Hbond substituents is 1. The number of hydrogen-bond donors (Lipinski definition) is 4. The third-order valence-corrected chi connectivity index (χ3v) is 8.18. The molecule has 2 heterocycles. The molecule has 0 spiro atoms. The molecule has 4 N–H and O–H groups in total. The first-order valence-electron chi connectivity index (χ1n) is 11.9. The van der Waals surface area contributed by atoms with E-state index < -0.39 is 12.1 Å². The maximum atomic E-state index is 13.1. The third-order valence-electron chi connectivity index (χ3n) is 6.70. The van der Waals surface area contributed by atoms with Crippen LogP contribution < -0.4 is 10.6 Å². The van der Waals surface area contributed by atoms with Crippen LogP contribution >= 0.6 is 11.8 Å². The van der Waals surface area contributed by atoms with Crippen molar-refractivity contribution in [2.75, 3.05) is 18.8 Å². The number of nitrogens with zero attached hydrogens (tertiary/aromatic N) is 1. The second-order valence-corrected chi connectivity index (χ2v) is 11.8. The van der Waals surface area contributed by atoms with Gasteiger partial charge >= 0.3 is 0 Å². The van der Waals surface area contributed by atoms with Gasteiger partial charge in [0.25, 0.3) is 5.91 Å². The number of β-amino-alcohol motifs (C(OH)–C–C–N with tert-alkyl or cyclic N) is 1. The van der Waals surface area contributed by atoms with E-state index in [0.717, 1.165) is 25.1 Å². The number of benzene rings is 1. The Morgan fingerprint density at radius 2 is 2.03 bits per heavy atom. The van der Waals surface area contributed by atoms with Crippen molar-refractivity contribution in [1.82, 2.24) is 15.5 Å². The second-order valence-electron chi connectivity index (χ2n) is 10.4. The molecule has 1 aromatic carbocycles. The number of rotatable bonds is 7. The lowest BCUT2D eigenvalue weighted by Crippen LogP contribution is -2.60. The Kier molecular flexibility index (Phi) is 8.35. The molecule has 2 amide bonds. The minimum absolute atomic E-state index is 0.00752. The third kappa shape index (κ3) is 6.43. The predicted molar refractivity (Wildman–Crippen MR) is 133 cm³/mol. The molecule has 2 saturated heterocycles. The van der Waals surface area contributed by atoms with Gasteiger partial charge in [-0.1, -0.05) is 13.0 Å². The van der Waals surface area contributed by atoms with E-state index in [1.54, 1.807) is 25.1 Å². The van der Waals surface area contributed by atoms with E-state index in [4.69, 9.17) is 0 Å². The van der Waals surface area contributed by atoms with E-state index in [-0.39, 0.29) is 29.1 Å². The van der Waals surface area contributed by atoms with Crippen molar-refractivity contribution in [1.29, 1.82) is 0 Å². The zero-order valence-electron chi connectivity index (χ0n) is 20.4. The highest BCUT2D eigenvalue weighted by Crippen LogP contribution is 2.40. The predicted octanol–water partition coefficient (Wildman–Crippen LogP) is 2.68. The molecule has 3 rings (SSSR count). The molecule has 2 aliphatic heterocycles. The van der Waals surface area contributed by atoms with Crippen LogP contribution in [0.25, 0.3) is 0 Å². The molecule has 0 saturated carbocycles. The molecule has 2 unspecified atom stereocenters. The van der Waals surface area contributed by atoms with Crippen LogP contribution in [0.4, 0.5) is 0 Å². The Morgan fingerprint density at radius 3 is 2.70 bits per heavy atom. The lowest BCUT2D eigenvalue weighted by molar-refractivity contribution is -0.130. The lowest BCUT2D eigenvalue weighted by Gasteiger charge is -2.43. The van der Waals surface area contributed by atoms with E-state index in [1.165, 1.54) is 0 Å². The van der Waals surface area contributed by atoms with Crippen molar-refractivity contribution in [2.24, 2.45) is 5.92 Å². The summed E-state index contributed by atoms with van der Waals surface area (Å²) in [6.07, 6.45) is 1.67. The summed E-state index contributed by atoms with van der Waals surface area (Å²) >= 11 is 1.96. The molecule has 1 aromatic rings.